The molecule has 1 fully saturated rings. The minimum Gasteiger partial charge on any atom is -0.508 e. The van der Waals surface area contributed by atoms with E-state index in [0.29, 0.717) is 18.6 Å². The molecule has 0 aromatic heterocycles. The number of carbonyl (C=O) groups excluding carboxylic acids is 1. The number of nitrogens with one attached hydrogen (secondary N) is 1. The first kappa shape index (κ1) is 12.4. The quantitative estimate of drug-likeness (QED) is 0.704. The third kappa shape index (κ3) is 2.70. The number of hydrogen-bond acceptors (Lipinski definition) is 4. The van der Waals surface area contributed by atoms with Gasteiger partial charge in [-0.3, -0.25) is 0 Å². The topological polar surface area (TPSA) is 78.8 Å². The van der Waals surface area contributed by atoms with Crippen molar-refractivity contribution in [1.82, 2.24) is 5.32 Å². The van der Waals surface area contributed by atoms with Gasteiger partial charge < -0.3 is 20.3 Å². The van der Waals surface area contributed by atoms with Gasteiger partial charge in [0.05, 0.1) is 12.6 Å². The van der Waals surface area contributed by atoms with Gasteiger partial charge in [0, 0.05) is 12.5 Å². The second-order valence-electron chi connectivity index (χ2n) is 3.40. The van der Waals surface area contributed by atoms with Crippen molar-refractivity contribution in [1.29, 1.82) is 0 Å². The molecule has 1 aromatic rings. The average Bonchev–Trinajstić information content (AvgIpc) is 2.16. The standard InChI is InChI=1S/C10H11NO4.ClH/c12-7-3-6(4-8(13)5-7)9-1-2-15-10(14)11-9;/h3-5,9,12-13H,1-2H2,(H,11,14);1H/t9-;/m0./s1. The van der Waals surface area contributed by atoms with Crippen molar-refractivity contribution in [2.75, 3.05) is 6.61 Å². The van der Waals surface area contributed by atoms with E-state index in [1.54, 1.807) is 0 Å². The first-order chi connectivity index (χ1) is 7.15. The van der Waals surface area contributed by atoms with Gasteiger partial charge in [-0.05, 0) is 17.7 Å². The SMILES string of the molecule is Cl.O=C1N[C@H](c2cc(O)cc(O)c2)CCO1. The Morgan fingerprint density at radius 3 is 2.44 bits per heavy atom. The van der Waals surface area contributed by atoms with Crippen molar-refractivity contribution in [3.8, 4) is 11.5 Å². The van der Waals surface area contributed by atoms with Gasteiger partial charge in [-0.25, -0.2) is 4.79 Å². The minimum absolute atomic E-state index is 0. The van der Waals surface area contributed by atoms with Crippen molar-refractivity contribution < 1.29 is 19.7 Å². The van der Waals surface area contributed by atoms with Crippen LogP contribution in [0.15, 0.2) is 18.2 Å². The summed E-state index contributed by atoms with van der Waals surface area (Å²) in [5, 5.41) is 21.2. The summed E-state index contributed by atoms with van der Waals surface area (Å²) < 4.78 is 4.72. The van der Waals surface area contributed by atoms with Crippen LogP contribution in [0.5, 0.6) is 11.5 Å². The number of cyclic esters (lactones) is 1. The molecule has 0 spiro atoms. The van der Waals surface area contributed by atoms with Crippen LogP contribution >= 0.6 is 12.4 Å². The second-order valence-corrected chi connectivity index (χ2v) is 3.40. The molecule has 1 aliphatic rings. The minimum atomic E-state index is -0.478. The average molecular weight is 246 g/mol. The van der Waals surface area contributed by atoms with E-state index in [-0.39, 0.29) is 29.9 Å². The Labute approximate surface area is 98.5 Å². The summed E-state index contributed by atoms with van der Waals surface area (Å²) in [5.41, 5.74) is 0.671. The molecule has 1 amide bonds. The lowest BCUT2D eigenvalue weighted by Crippen LogP contribution is -2.35. The number of aromatic hydroxyl groups is 2. The van der Waals surface area contributed by atoms with Crippen LogP contribution in [-0.4, -0.2) is 22.9 Å². The number of rotatable bonds is 1. The van der Waals surface area contributed by atoms with Gasteiger partial charge in [0.15, 0.2) is 0 Å². The van der Waals surface area contributed by atoms with E-state index in [2.05, 4.69) is 5.32 Å². The lowest BCUT2D eigenvalue weighted by atomic mass is 10.0. The molecule has 88 valence electrons. The first-order valence-electron chi connectivity index (χ1n) is 4.61. The largest absolute Gasteiger partial charge is 0.508 e. The van der Waals surface area contributed by atoms with E-state index in [9.17, 15) is 15.0 Å². The molecule has 5 nitrogen and oxygen atoms in total. The van der Waals surface area contributed by atoms with E-state index in [0.717, 1.165) is 0 Å². The normalized spacial score (nSPS) is 19.2. The fraction of sp³-hybridized carbons (Fsp3) is 0.300. The van der Waals surface area contributed by atoms with Crippen molar-refractivity contribution in [3.05, 3.63) is 23.8 Å². The van der Waals surface area contributed by atoms with Crippen LogP contribution in [0.2, 0.25) is 0 Å². The Morgan fingerprint density at radius 1 is 1.25 bits per heavy atom. The van der Waals surface area contributed by atoms with Gasteiger partial charge in [-0.2, -0.15) is 0 Å². The van der Waals surface area contributed by atoms with Crippen LogP contribution in [0, 0.1) is 0 Å². The highest BCUT2D eigenvalue weighted by Crippen LogP contribution is 2.27. The van der Waals surface area contributed by atoms with E-state index in [1.165, 1.54) is 18.2 Å². The highest BCUT2D eigenvalue weighted by atomic mass is 35.5. The molecule has 0 unspecified atom stereocenters. The Kier molecular flexibility index (Phi) is 3.84. The number of halogens is 1. The molecule has 16 heavy (non-hydrogen) atoms. The van der Waals surface area contributed by atoms with E-state index in [1.807, 2.05) is 0 Å². The van der Waals surface area contributed by atoms with E-state index < -0.39 is 6.09 Å². The van der Waals surface area contributed by atoms with E-state index >= 15 is 0 Å². The second kappa shape index (κ2) is 4.94. The summed E-state index contributed by atoms with van der Waals surface area (Å²) in [6.07, 6.45) is 0.142. The van der Waals surface area contributed by atoms with E-state index in [4.69, 9.17) is 4.74 Å². The third-order valence-corrected chi connectivity index (χ3v) is 2.26. The predicted molar refractivity (Wildman–Crippen MR) is 58.9 cm³/mol. The first-order valence-corrected chi connectivity index (χ1v) is 4.61. The number of hydrogen-bond donors (Lipinski definition) is 3. The number of phenols is 2. The maximum absolute atomic E-state index is 11.0. The molecule has 0 radical (unpaired) electrons. The number of carbonyl (C=O) groups is 1. The Balaban J connectivity index is 0.00000128. The molecule has 0 aliphatic carbocycles. The van der Waals surface area contributed by atoms with Crippen molar-refractivity contribution in [3.63, 3.8) is 0 Å². The molecular formula is C10H12ClNO4. The molecular weight excluding hydrogens is 234 g/mol. The zero-order chi connectivity index (χ0) is 10.8. The maximum Gasteiger partial charge on any atom is 0.407 e. The molecule has 1 atom stereocenters. The maximum atomic E-state index is 11.0. The lowest BCUT2D eigenvalue weighted by molar-refractivity contribution is 0.115. The smallest absolute Gasteiger partial charge is 0.407 e. The summed E-state index contributed by atoms with van der Waals surface area (Å²) in [5.74, 6) is -0.0449. The zero-order valence-corrected chi connectivity index (χ0v) is 9.16. The van der Waals surface area contributed by atoms with Crippen LogP contribution in [0.4, 0.5) is 4.79 Å². The fourth-order valence-electron chi connectivity index (χ4n) is 1.59. The summed E-state index contributed by atoms with van der Waals surface area (Å²) in [4.78, 5) is 11.0. The molecule has 1 heterocycles. The molecule has 0 bridgehead atoms. The number of ether oxygens (including phenoxy) is 1. The Morgan fingerprint density at radius 2 is 1.88 bits per heavy atom. The number of alkyl carbamates (subject to hydrolysis) is 1. The van der Waals surface area contributed by atoms with Crippen LogP contribution < -0.4 is 5.32 Å². The highest BCUT2D eigenvalue weighted by molar-refractivity contribution is 5.85. The monoisotopic (exact) mass is 245 g/mol. The molecule has 0 saturated carbocycles. The van der Waals surface area contributed by atoms with Crippen LogP contribution in [-0.2, 0) is 4.74 Å². The summed E-state index contributed by atoms with van der Waals surface area (Å²) in [6.45, 7) is 0.340. The molecule has 2 rings (SSSR count). The molecule has 1 saturated heterocycles. The third-order valence-electron chi connectivity index (χ3n) is 2.26. The number of benzene rings is 1. The van der Waals surface area contributed by atoms with Gasteiger partial charge in [-0.15, -0.1) is 12.4 Å². The molecule has 1 aromatic carbocycles. The van der Waals surface area contributed by atoms with Gasteiger partial charge in [0.25, 0.3) is 0 Å². The van der Waals surface area contributed by atoms with Crippen LogP contribution in [0.25, 0.3) is 0 Å². The molecule has 6 heteroatoms. The van der Waals surface area contributed by atoms with Crippen molar-refractivity contribution in [2.45, 2.75) is 12.5 Å². The zero-order valence-electron chi connectivity index (χ0n) is 8.34. The number of amides is 1. The summed E-state index contributed by atoms with van der Waals surface area (Å²) in [6, 6.07) is 4.04. The van der Waals surface area contributed by atoms with Crippen molar-refractivity contribution >= 4 is 18.5 Å². The van der Waals surface area contributed by atoms with Crippen LogP contribution in [0.1, 0.15) is 18.0 Å². The Bertz CT molecular complexity index is 376. The summed E-state index contributed by atoms with van der Waals surface area (Å²) in [7, 11) is 0. The van der Waals surface area contributed by atoms with Gasteiger partial charge >= 0.3 is 6.09 Å². The van der Waals surface area contributed by atoms with Crippen molar-refractivity contribution in [2.24, 2.45) is 0 Å². The molecule has 3 N–H and O–H groups in total. The fourth-order valence-corrected chi connectivity index (χ4v) is 1.59. The van der Waals surface area contributed by atoms with Gasteiger partial charge in [0.2, 0.25) is 0 Å². The lowest BCUT2D eigenvalue weighted by Gasteiger charge is -2.23. The van der Waals surface area contributed by atoms with Gasteiger partial charge in [-0.1, -0.05) is 0 Å². The predicted octanol–water partition coefficient (Wildman–Crippen LogP) is 1.69. The summed E-state index contributed by atoms with van der Waals surface area (Å²) >= 11 is 0. The molecule has 1 aliphatic heterocycles. The highest BCUT2D eigenvalue weighted by Gasteiger charge is 2.21. The van der Waals surface area contributed by atoms with Gasteiger partial charge in [0.1, 0.15) is 11.5 Å². The van der Waals surface area contributed by atoms with Crippen LogP contribution in [0.3, 0.4) is 0 Å². The number of phenolic OH excluding ortho intramolecular Hbond substituents is 2. The Hall–Kier alpha value is -1.62.